The number of carbonyl (C=O) groups is 4. The molecule has 16 nitrogen and oxygen atoms in total. The number of amides is 2. The van der Waals surface area contributed by atoms with Crippen LogP contribution in [0.2, 0.25) is 4.34 Å². The second-order valence-corrected chi connectivity index (χ2v) is 13.1. The lowest BCUT2D eigenvalue weighted by molar-refractivity contribution is -0.663. The van der Waals surface area contributed by atoms with Gasteiger partial charge in [-0.05, 0) is 33.0 Å². The van der Waals surface area contributed by atoms with Crippen LogP contribution in [0.5, 0.6) is 0 Å². The van der Waals surface area contributed by atoms with Gasteiger partial charge in [-0.3, -0.25) is 14.5 Å². The summed E-state index contributed by atoms with van der Waals surface area (Å²) in [7, 11) is 1.88. The zero-order valence-electron chi connectivity index (χ0n) is 24.6. The minimum absolute atomic E-state index is 0.00472. The number of hydrogen-bond acceptors (Lipinski definition) is 12. The summed E-state index contributed by atoms with van der Waals surface area (Å²) in [4.78, 5) is 60.5. The quantitative estimate of drug-likeness (QED) is 0.0471. The van der Waals surface area contributed by atoms with Crippen molar-refractivity contribution in [3.8, 4) is 0 Å². The number of carboxylic acid groups (broad SMARTS) is 2. The van der Waals surface area contributed by atoms with Crippen LogP contribution in [0.15, 0.2) is 40.8 Å². The highest BCUT2D eigenvalue weighted by atomic mass is 35.5. The number of thioether (sulfide) groups is 1. The van der Waals surface area contributed by atoms with Crippen molar-refractivity contribution < 1.29 is 38.8 Å². The van der Waals surface area contributed by atoms with Crippen LogP contribution < -0.4 is 26.7 Å². The van der Waals surface area contributed by atoms with Crippen LogP contribution in [0.4, 0.5) is 10.9 Å². The van der Waals surface area contributed by atoms with Crippen LogP contribution in [0.1, 0.15) is 19.0 Å². The van der Waals surface area contributed by atoms with E-state index in [4.69, 9.17) is 33.0 Å². The Morgan fingerprint density at radius 2 is 2.09 bits per heavy atom. The highest BCUT2D eigenvalue weighted by molar-refractivity contribution is 8.00. The first-order valence-corrected chi connectivity index (χ1v) is 16.2. The second kappa shape index (κ2) is 13.5. The number of rotatable bonds is 13. The summed E-state index contributed by atoms with van der Waals surface area (Å²) in [5, 5.41) is 28.0. The molecule has 2 aliphatic heterocycles. The number of fused-ring (bicyclic) bond motifs is 2. The summed E-state index contributed by atoms with van der Waals surface area (Å²) >= 11 is 8.33. The highest BCUT2D eigenvalue weighted by Gasteiger charge is 2.55. The zero-order valence-corrected chi connectivity index (χ0v) is 27.0. The van der Waals surface area contributed by atoms with Crippen molar-refractivity contribution in [2.24, 2.45) is 5.16 Å². The maximum absolute atomic E-state index is 13.4. The molecule has 0 saturated carbocycles. The number of hydrogen-bond donors (Lipinski definition) is 6. The van der Waals surface area contributed by atoms with Crippen molar-refractivity contribution >= 4 is 86.1 Å². The third-order valence-corrected chi connectivity index (χ3v) is 9.80. The minimum Gasteiger partial charge on any atom is -0.478 e. The number of aryl methyl sites for hydroxylation is 1. The van der Waals surface area contributed by atoms with Gasteiger partial charge in [-0.2, -0.15) is 4.57 Å². The number of aromatic nitrogens is 3. The minimum atomic E-state index is -1.41. The normalized spacial score (nSPS) is 18.7. The molecule has 3 atom stereocenters. The standard InChI is InChI=1S/C27H30ClN9O7S2/c1-12(25(40)41)44-34-18(17-21(28)46-27(30)33-17)22(38)32-19-23(39)37-20(26(42)43)13(11-45-24(19)37)10-35-7-3-5-14-15(35)9-16(29)36(14)8-4-6-31-2/h3,5,7,9,12,19,24,29,31H,4,6,8,10-11H2,1-2H3,(H5,30,32,33,38,40,41,42,43)/p+1/b34-18-/t12-,19+,24?/m0/s1. The monoisotopic (exact) mass is 692 g/mol. The van der Waals surface area contributed by atoms with Crippen LogP contribution in [-0.2, 0) is 37.1 Å². The largest absolute Gasteiger partial charge is 0.478 e. The van der Waals surface area contributed by atoms with Gasteiger partial charge in [-0.15, -0.1) is 11.8 Å². The summed E-state index contributed by atoms with van der Waals surface area (Å²) in [5.74, 6) is -3.35. The van der Waals surface area contributed by atoms with Crippen molar-refractivity contribution in [3.05, 3.63) is 45.7 Å². The van der Waals surface area contributed by atoms with Crippen LogP contribution in [-0.4, -0.2) is 91.0 Å². The highest BCUT2D eigenvalue weighted by Crippen LogP contribution is 2.40. The molecule has 0 bridgehead atoms. The van der Waals surface area contributed by atoms with Gasteiger partial charge in [0.1, 0.15) is 38.5 Å². The molecular weight excluding hydrogens is 662 g/mol. The molecule has 0 spiro atoms. The maximum Gasteiger partial charge on any atom is 0.352 e. The zero-order chi connectivity index (χ0) is 33.3. The van der Waals surface area contributed by atoms with E-state index in [2.05, 4.69) is 20.8 Å². The van der Waals surface area contributed by atoms with E-state index in [0.717, 1.165) is 40.2 Å². The molecule has 5 heterocycles. The first-order valence-electron chi connectivity index (χ1n) is 13.9. The lowest BCUT2D eigenvalue weighted by atomic mass is 10.0. The van der Waals surface area contributed by atoms with Gasteiger partial charge in [-0.25, -0.2) is 14.6 Å². The van der Waals surface area contributed by atoms with E-state index in [9.17, 15) is 24.3 Å². The molecule has 2 aliphatic rings. The fraction of sp³-hybridized carbons (Fsp3) is 0.370. The number of carboxylic acids is 2. The summed E-state index contributed by atoms with van der Waals surface area (Å²) in [6.45, 7) is 2.92. The van der Waals surface area contributed by atoms with Gasteiger partial charge in [0.25, 0.3) is 11.8 Å². The van der Waals surface area contributed by atoms with Gasteiger partial charge >= 0.3 is 11.9 Å². The number of β-lactam (4-membered cyclic amide) rings is 1. The smallest absolute Gasteiger partial charge is 0.352 e. The first kappa shape index (κ1) is 33.0. The predicted molar refractivity (Wildman–Crippen MR) is 171 cm³/mol. The summed E-state index contributed by atoms with van der Waals surface area (Å²) in [6.07, 6.45) is 1.28. The summed E-state index contributed by atoms with van der Waals surface area (Å²) in [6, 6.07) is 4.53. The molecule has 2 amide bonds. The van der Waals surface area contributed by atoms with E-state index in [1.165, 1.54) is 18.7 Å². The number of oxime groups is 1. The average Bonchev–Trinajstić information content (AvgIpc) is 3.52. The van der Waals surface area contributed by atoms with Gasteiger partial charge in [0.2, 0.25) is 11.6 Å². The molecule has 1 unspecified atom stereocenters. The van der Waals surface area contributed by atoms with Crippen LogP contribution in [0.25, 0.3) is 11.0 Å². The Balaban J connectivity index is 1.38. The van der Waals surface area contributed by atoms with E-state index < -0.39 is 47.0 Å². The van der Waals surface area contributed by atoms with E-state index in [-0.39, 0.29) is 33.2 Å². The molecule has 3 aromatic heterocycles. The predicted octanol–water partition coefficient (Wildman–Crippen LogP) is 0.445. The number of nitrogens with two attached hydrogens (primary N) is 2. The topological polar surface area (TPSA) is 231 Å². The molecule has 0 aliphatic carbocycles. The summed E-state index contributed by atoms with van der Waals surface area (Å²) in [5.41, 5.74) is 13.5. The third-order valence-electron chi connectivity index (χ3n) is 7.38. The Morgan fingerprint density at radius 3 is 2.74 bits per heavy atom. The maximum atomic E-state index is 13.4. The Kier molecular flexibility index (Phi) is 9.71. The number of anilines is 2. The number of carbonyl (C=O) groups excluding carboxylic acids is 2. The molecule has 46 heavy (non-hydrogen) atoms. The molecule has 0 radical (unpaired) electrons. The van der Waals surface area contributed by atoms with Crippen molar-refractivity contribution in [2.45, 2.75) is 44.0 Å². The first-order chi connectivity index (χ1) is 21.9. The molecule has 1 saturated heterocycles. The lowest BCUT2D eigenvalue weighted by Crippen LogP contribution is -2.71. The van der Waals surface area contributed by atoms with Crippen LogP contribution in [0, 0.1) is 0 Å². The molecule has 19 heteroatoms. The van der Waals surface area contributed by atoms with Crippen molar-refractivity contribution in [3.63, 3.8) is 0 Å². The molecule has 8 N–H and O–H groups in total. The van der Waals surface area contributed by atoms with Gasteiger partial charge < -0.3 is 41.7 Å². The molecule has 0 aromatic carbocycles. The number of nitrogens with one attached hydrogen (secondary N) is 2. The number of halogens is 1. The second-order valence-electron chi connectivity index (χ2n) is 10.4. The fourth-order valence-electron chi connectivity index (χ4n) is 5.15. The Morgan fingerprint density at radius 1 is 1.33 bits per heavy atom. The molecule has 5 rings (SSSR count). The lowest BCUT2D eigenvalue weighted by Gasteiger charge is -2.49. The van der Waals surface area contributed by atoms with Gasteiger partial charge in [0.15, 0.2) is 23.6 Å². The van der Waals surface area contributed by atoms with E-state index >= 15 is 0 Å². The van der Waals surface area contributed by atoms with E-state index in [1.54, 1.807) is 0 Å². The fourth-order valence-corrected chi connectivity index (χ4v) is 7.41. The average molecular weight is 693 g/mol. The van der Waals surface area contributed by atoms with Crippen molar-refractivity contribution in [1.29, 1.82) is 0 Å². The Hall–Kier alpha value is -4.39. The van der Waals surface area contributed by atoms with Gasteiger partial charge in [0, 0.05) is 23.9 Å². The number of nitrogen functional groups attached to an aromatic ring is 2. The molecule has 244 valence electrons. The third kappa shape index (κ3) is 6.33. The van der Waals surface area contributed by atoms with Gasteiger partial charge in [0.05, 0.1) is 6.07 Å². The van der Waals surface area contributed by atoms with E-state index in [1.807, 2.05) is 40.6 Å². The van der Waals surface area contributed by atoms with Gasteiger partial charge in [-0.1, -0.05) is 28.1 Å². The Labute approximate surface area is 275 Å². The van der Waals surface area contributed by atoms with Crippen LogP contribution in [0.3, 0.4) is 0 Å². The number of pyridine rings is 1. The number of aliphatic carboxylic acids is 2. The number of nitrogens with zero attached hydrogens (tertiary/aromatic N) is 5. The molecule has 3 aromatic rings. The van der Waals surface area contributed by atoms with E-state index in [0.29, 0.717) is 17.9 Å². The van der Waals surface area contributed by atoms with Crippen molar-refractivity contribution in [2.75, 3.05) is 30.8 Å². The molecule has 1 fully saturated rings. The summed E-state index contributed by atoms with van der Waals surface area (Å²) < 4.78 is 3.90. The SMILES string of the molecule is CNCCCn1c(N)cc2c1ccc[n+]2CC1=C(C(=O)O)N2C(=O)[C@@H](NC(=O)/C(=N\O[C@@H](C)C(=O)O)c3nc(N)sc3Cl)C2SC1. The number of thiazole rings is 1. The molecular formula is C27H31ClN9O7S2+. The van der Waals surface area contributed by atoms with Crippen LogP contribution >= 0.6 is 34.7 Å². The Bertz CT molecular complexity index is 1790. The van der Waals surface area contributed by atoms with Crippen molar-refractivity contribution in [1.82, 2.24) is 25.1 Å².